The predicted molar refractivity (Wildman–Crippen MR) is 90.4 cm³/mol. The SMILES string of the molecule is COc1ccc(F)cc1C(=O)COC(=O)c1ccc(Cl)c(S(N)(=O)=O)c1. The third-order valence-electron chi connectivity index (χ3n) is 3.27. The van der Waals surface area contributed by atoms with Gasteiger partial charge >= 0.3 is 5.97 Å². The first-order chi connectivity index (χ1) is 12.1. The van der Waals surface area contributed by atoms with E-state index < -0.39 is 39.1 Å². The number of ether oxygens (including phenoxy) is 2. The predicted octanol–water partition coefficient (Wildman–Crippen LogP) is 2.17. The quantitative estimate of drug-likeness (QED) is 0.586. The number of hydrogen-bond acceptors (Lipinski definition) is 6. The topological polar surface area (TPSA) is 113 Å². The van der Waals surface area contributed by atoms with Crippen molar-refractivity contribution in [3.05, 3.63) is 58.4 Å². The van der Waals surface area contributed by atoms with E-state index in [4.69, 9.17) is 26.2 Å². The molecule has 0 saturated carbocycles. The number of carbonyl (C=O) groups excluding carboxylic acids is 2. The molecule has 2 N–H and O–H groups in total. The van der Waals surface area contributed by atoms with Crippen LogP contribution < -0.4 is 9.88 Å². The molecule has 0 heterocycles. The Balaban J connectivity index is 2.17. The molecule has 2 aromatic carbocycles. The second-order valence-electron chi connectivity index (χ2n) is 5.03. The van der Waals surface area contributed by atoms with Crippen LogP contribution in [0.5, 0.6) is 5.75 Å². The molecular weight excluding hydrogens is 389 g/mol. The van der Waals surface area contributed by atoms with Gasteiger partial charge in [0, 0.05) is 0 Å². The van der Waals surface area contributed by atoms with Gasteiger partial charge in [-0.3, -0.25) is 4.79 Å². The average molecular weight is 402 g/mol. The van der Waals surface area contributed by atoms with Gasteiger partial charge in [0.05, 0.1) is 23.3 Å². The third kappa shape index (κ3) is 4.57. The Morgan fingerprint density at radius 1 is 1.19 bits per heavy atom. The number of methoxy groups -OCH3 is 1. The van der Waals surface area contributed by atoms with Gasteiger partial charge in [0.1, 0.15) is 16.5 Å². The normalized spacial score (nSPS) is 11.1. The van der Waals surface area contributed by atoms with Crippen LogP contribution in [0.2, 0.25) is 5.02 Å². The Labute approximate surface area is 153 Å². The fourth-order valence-electron chi connectivity index (χ4n) is 2.04. The number of ketones is 1. The first-order valence-electron chi connectivity index (χ1n) is 6.99. The molecule has 10 heteroatoms. The van der Waals surface area contributed by atoms with Crippen LogP contribution in [-0.2, 0) is 14.8 Å². The molecule has 138 valence electrons. The molecular formula is C16H13ClFNO6S. The maximum absolute atomic E-state index is 13.3. The van der Waals surface area contributed by atoms with E-state index >= 15 is 0 Å². The molecule has 0 atom stereocenters. The number of hydrogen-bond donors (Lipinski definition) is 1. The van der Waals surface area contributed by atoms with Gasteiger partial charge in [-0.15, -0.1) is 0 Å². The number of Topliss-reactive ketones (excluding diaryl/α,β-unsaturated/α-hetero) is 1. The van der Waals surface area contributed by atoms with Crippen molar-refractivity contribution in [2.75, 3.05) is 13.7 Å². The smallest absolute Gasteiger partial charge is 0.338 e. The lowest BCUT2D eigenvalue weighted by Crippen LogP contribution is -2.17. The lowest BCUT2D eigenvalue weighted by molar-refractivity contribution is 0.0473. The van der Waals surface area contributed by atoms with E-state index in [1.54, 1.807) is 0 Å². The Morgan fingerprint density at radius 2 is 1.88 bits per heavy atom. The highest BCUT2D eigenvalue weighted by Gasteiger charge is 2.19. The van der Waals surface area contributed by atoms with Gasteiger partial charge in [-0.2, -0.15) is 0 Å². The minimum absolute atomic E-state index is 0.0957. The van der Waals surface area contributed by atoms with Crippen LogP contribution >= 0.6 is 11.6 Å². The van der Waals surface area contributed by atoms with Crippen LogP contribution in [0.1, 0.15) is 20.7 Å². The van der Waals surface area contributed by atoms with Gasteiger partial charge < -0.3 is 9.47 Å². The number of primary sulfonamides is 1. The van der Waals surface area contributed by atoms with Crippen LogP contribution in [0.25, 0.3) is 0 Å². The van der Waals surface area contributed by atoms with Gasteiger partial charge in [0.2, 0.25) is 15.8 Å². The number of carbonyl (C=O) groups is 2. The molecule has 2 aromatic rings. The summed E-state index contributed by atoms with van der Waals surface area (Å²) in [6.07, 6.45) is 0. The minimum Gasteiger partial charge on any atom is -0.496 e. The molecule has 0 aliphatic heterocycles. The second kappa shape index (κ2) is 7.81. The number of sulfonamides is 1. The maximum Gasteiger partial charge on any atom is 0.338 e. The van der Waals surface area contributed by atoms with Crippen molar-refractivity contribution in [3.63, 3.8) is 0 Å². The summed E-state index contributed by atoms with van der Waals surface area (Å²) in [5.74, 6) is -2.21. The van der Waals surface area contributed by atoms with E-state index in [-0.39, 0.29) is 21.9 Å². The molecule has 0 saturated heterocycles. The highest BCUT2D eigenvalue weighted by atomic mass is 35.5. The molecule has 0 aromatic heterocycles. The number of rotatable bonds is 6. The number of halogens is 2. The van der Waals surface area contributed by atoms with E-state index in [0.717, 1.165) is 24.3 Å². The van der Waals surface area contributed by atoms with Crippen LogP contribution in [-0.4, -0.2) is 33.9 Å². The molecule has 0 aliphatic carbocycles. The lowest BCUT2D eigenvalue weighted by atomic mass is 10.1. The Kier molecular flexibility index (Phi) is 5.96. The summed E-state index contributed by atoms with van der Waals surface area (Å²) in [5, 5.41) is 4.84. The summed E-state index contributed by atoms with van der Waals surface area (Å²) >= 11 is 5.73. The second-order valence-corrected chi connectivity index (χ2v) is 6.97. The van der Waals surface area contributed by atoms with Gasteiger partial charge in [-0.05, 0) is 36.4 Å². The van der Waals surface area contributed by atoms with Crippen molar-refractivity contribution in [3.8, 4) is 5.75 Å². The minimum atomic E-state index is -4.14. The zero-order valence-electron chi connectivity index (χ0n) is 13.4. The Morgan fingerprint density at radius 3 is 2.50 bits per heavy atom. The average Bonchev–Trinajstić information content (AvgIpc) is 2.58. The van der Waals surface area contributed by atoms with Crippen LogP contribution in [0, 0.1) is 5.82 Å². The molecule has 0 bridgehead atoms. The van der Waals surface area contributed by atoms with Crippen molar-refractivity contribution in [2.45, 2.75) is 4.90 Å². The standard InChI is InChI=1S/C16H13ClFNO6S/c1-24-14-5-3-10(18)7-11(14)13(20)8-25-16(21)9-2-4-12(17)15(6-9)26(19,22)23/h2-7H,8H2,1H3,(H2,19,22,23). The highest BCUT2D eigenvalue weighted by molar-refractivity contribution is 7.89. The fourth-order valence-corrected chi connectivity index (χ4v) is 3.11. The van der Waals surface area contributed by atoms with E-state index in [1.807, 2.05) is 0 Å². The Hall–Kier alpha value is -2.49. The zero-order valence-corrected chi connectivity index (χ0v) is 14.9. The summed E-state index contributed by atoms with van der Waals surface area (Å²) in [7, 11) is -2.84. The van der Waals surface area contributed by atoms with E-state index in [2.05, 4.69) is 0 Å². The molecule has 0 aliphatic rings. The molecule has 0 amide bonds. The zero-order chi connectivity index (χ0) is 19.5. The van der Waals surface area contributed by atoms with Gasteiger partial charge in [0.25, 0.3) is 0 Å². The van der Waals surface area contributed by atoms with Gasteiger partial charge in [-0.25, -0.2) is 22.7 Å². The van der Waals surface area contributed by atoms with Crippen LogP contribution in [0.4, 0.5) is 4.39 Å². The molecule has 7 nitrogen and oxygen atoms in total. The molecule has 0 unspecified atom stereocenters. The molecule has 0 radical (unpaired) electrons. The maximum atomic E-state index is 13.3. The lowest BCUT2D eigenvalue weighted by Gasteiger charge is -2.09. The monoisotopic (exact) mass is 401 g/mol. The van der Waals surface area contributed by atoms with Crippen LogP contribution in [0.15, 0.2) is 41.3 Å². The summed E-state index contributed by atoms with van der Waals surface area (Å²) in [6, 6.07) is 6.65. The van der Waals surface area contributed by atoms with Gasteiger partial charge in [-0.1, -0.05) is 11.6 Å². The first kappa shape index (κ1) is 19.8. The third-order valence-corrected chi connectivity index (χ3v) is 4.66. The summed E-state index contributed by atoms with van der Waals surface area (Å²) in [5.41, 5.74) is -0.265. The molecule has 26 heavy (non-hydrogen) atoms. The fraction of sp³-hybridized carbons (Fsp3) is 0.125. The summed E-state index contributed by atoms with van der Waals surface area (Å²) in [6.45, 7) is -0.702. The number of nitrogens with two attached hydrogens (primary N) is 1. The Bertz CT molecular complexity index is 977. The summed E-state index contributed by atoms with van der Waals surface area (Å²) in [4.78, 5) is 23.7. The van der Waals surface area contributed by atoms with Crippen LogP contribution in [0.3, 0.4) is 0 Å². The largest absolute Gasteiger partial charge is 0.496 e. The molecule has 0 spiro atoms. The van der Waals surface area contributed by atoms with E-state index in [1.165, 1.54) is 19.2 Å². The van der Waals surface area contributed by atoms with E-state index in [0.29, 0.717) is 0 Å². The first-order valence-corrected chi connectivity index (χ1v) is 8.92. The van der Waals surface area contributed by atoms with Gasteiger partial charge in [0.15, 0.2) is 6.61 Å². The summed E-state index contributed by atoms with van der Waals surface area (Å²) < 4.78 is 45.9. The molecule has 0 fully saturated rings. The van der Waals surface area contributed by atoms with Crippen molar-refractivity contribution in [2.24, 2.45) is 5.14 Å². The molecule has 2 rings (SSSR count). The van der Waals surface area contributed by atoms with Crippen molar-refractivity contribution >= 4 is 33.4 Å². The van der Waals surface area contributed by atoms with Crippen molar-refractivity contribution < 1.29 is 31.9 Å². The van der Waals surface area contributed by atoms with Crippen molar-refractivity contribution in [1.29, 1.82) is 0 Å². The number of esters is 1. The van der Waals surface area contributed by atoms with E-state index in [9.17, 15) is 22.4 Å². The number of benzene rings is 2. The van der Waals surface area contributed by atoms with Crippen molar-refractivity contribution in [1.82, 2.24) is 0 Å². The highest BCUT2D eigenvalue weighted by Crippen LogP contribution is 2.23.